The third-order valence-corrected chi connectivity index (χ3v) is 3.31. The van der Waals surface area contributed by atoms with Gasteiger partial charge in [-0.2, -0.15) is 0 Å². The third kappa shape index (κ3) is 5.32. The van der Waals surface area contributed by atoms with E-state index in [2.05, 4.69) is 6.58 Å². The van der Waals surface area contributed by atoms with Crippen LogP contribution in [-0.2, 0) is 13.3 Å². The summed E-state index contributed by atoms with van der Waals surface area (Å²) >= 11 is 0. The van der Waals surface area contributed by atoms with E-state index in [4.69, 9.17) is 13.3 Å². The van der Waals surface area contributed by atoms with Crippen LogP contribution in [0.5, 0.6) is 0 Å². The SMILES string of the molecule is C=C[Si](OC)(OC)OC.O.[CaH2]. The van der Waals surface area contributed by atoms with Crippen LogP contribution in [0.25, 0.3) is 0 Å². The van der Waals surface area contributed by atoms with E-state index in [-0.39, 0.29) is 43.2 Å². The van der Waals surface area contributed by atoms with Crippen LogP contribution in [0.15, 0.2) is 12.3 Å². The van der Waals surface area contributed by atoms with Gasteiger partial charge in [-0.05, 0) is 5.70 Å². The van der Waals surface area contributed by atoms with Crippen LogP contribution < -0.4 is 0 Å². The quantitative estimate of drug-likeness (QED) is 0.548. The molecule has 0 bridgehead atoms. The van der Waals surface area contributed by atoms with E-state index >= 15 is 0 Å². The van der Waals surface area contributed by atoms with Gasteiger partial charge >= 0.3 is 46.5 Å². The zero-order valence-electron chi connectivity index (χ0n) is 6.51. The molecule has 0 aliphatic rings. The molecule has 66 valence electrons. The minimum atomic E-state index is -2.43. The van der Waals surface area contributed by atoms with Crippen molar-refractivity contribution in [1.82, 2.24) is 0 Å². The molecule has 0 aromatic rings. The average molecular weight is 208 g/mol. The average Bonchev–Trinajstić information content (AvgIpc) is 1.95. The maximum absolute atomic E-state index is 4.96. The molecule has 4 nitrogen and oxygen atoms in total. The Kier molecular flexibility index (Phi) is 14.9. The summed E-state index contributed by atoms with van der Waals surface area (Å²) in [6.45, 7) is 3.53. The van der Waals surface area contributed by atoms with Crippen molar-refractivity contribution in [1.29, 1.82) is 0 Å². The fourth-order valence-electron chi connectivity index (χ4n) is 0.500. The van der Waals surface area contributed by atoms with E-state index < -0.39 is 8.80 Å². The molecule has 0 heterocycles. The first-order valence-corrected chi connectivity index (χ1v) is 4.34. The first-order chi connectivity index (χ1) is 4.24. The molecule has 0 rings (SSSR count). The van der Waals surface area contributed by atoms with E-state index in [9.17, 15) is 0 Å². The second kappa shape index (κ2) is 9.15. The topological polar surface area (TPSA) is 59.2 Å². The summed E-state index contributed by atoms with van der Waals surface area (Å²) in [5.41, 5.74) is 1.58. The van der Waals surface area contributed by atoms with Crippen molar-refractivity contribution < 1.29 is 18.8 Å². The Hall–Kier alpha value is 1.06. The summed E-state index contributed by atoms with van der Waals surface area (Å²) in [4.78, 5) is 0. The fraction of sp³-hybridized carbons (Fsp3) is 0.600. The Morgan fingerprint density at radius 3 is 1.36 bits per heavy atom. The Balaban J connectivity index is -0.000000320. The van der Waals surface area contributed by atoms with Gasteiger partial charge in [0.05, 0.1) is 0 Å². The number of rotatable bonds is 4. The van der Waals surface area contributed by atoms with Gasteiger partial charge in [0.2, 0.25) is 0 Å². The third-order valence-electron chi connectivity index (χ3n) is 1.10. The van der Waals surface area contributed by atoms with Gasteiger partial charge in [-0.25, -0.2) is 0 Å². The molecule has 0 atom stereocenters. The second-order valence-corrected chi connectivity index (χ2v) is 4.26. The predicted molar refractivity (Wildman–Crippen MR) is 49.1 cm³/mol. The van der Waals surface area contributed by atoms with E-state index in [0.717, 1.165) is 0 Å². The van der Waals surface area contributed by atoms with Crippen LogP contribution in [-0.4, -0.2) is 73.3 Å². The molecular weight excluding hydrogens is 192 g/mol. The van der Waals surface area contributed by atoms with E-state index in [1.807, 2.05) is 0 Å². The standard InChI is InChI=1S/C5H12O3Si.Ca.H2O.2H/c1-5-9(6-2,7-3)8-4;;;;/h5H,1H2,2-4H3;;1H2;;. The fourth-order valence-corrected chi connectivity index (χ4v) is 1.50. The molecule has 6 heteroatoms. The number of hydrogen-bond donors (Lipinski definition) is 0. The molecule has 0 unspecified atom stereocenters. The maximum atomic E-state index is 4.96. The first-order valence-electron chi connectivity index (χ1n) is 2.53. The molecule has 0 radical (unpaired) electrons. The van der Waals surface area contributed by atoms with Gasteiger partial charge in [0.15, 0.2) is 0 Å². The Bertz CT molecular complexity index is 88.2. The minimum absolute atomic E-state index is 0. The number of hydrogen-bond acceptors (Lipinski definition) is 3. The van der Waals surface area contributed by atoms with Crippen molar-refractivity contribution in [3.05, 3.63) is 12.3 Å². The summed E-state index contributed by atoms with van der Waals surface area (Å²) in [5, 5.41) is 0. The Morgan fingerprint density at radius 2 is 1.36 bits per heavy atom. The molecular formula is C5H16CaO4Si. The molecule has 0 fully saturated rings. The van der Waals surface area contributed by atoms with Crippen LogP contribution in [0.3, 0.4) is 0 Å². The summed E-state index contributed by atoms with van der Waals surface area (Å²) in [7, 11) is 2.20. The molecule has 0 spiro atoms. The van der Waals surface area contributed by atoms with Crippen LogP contribution >= 0.6 is 0 Å². The van der Waals surface area contributed by atoms with Crippen molar-refractivity contribution in [3.8, 4) is 0 Å². The van der Waals surface area contributed by atoms with Crippen molar-refractivity contribution >= 4 is 46.5 Å². The molecule has 0 saturated heterocycles. The monoisotopic (exact) mass is 208 g/mol. The summed E-state index contributed by atoms with van der Waals surface area (Å²) < 4.78 is 14.9. The van der Waals surface area contributed by atoms with E-state index in [1.54, 1.807) is 27.0 Å². The second-order valence-electron chi connectivity index (χ2n) is 1.42. The van der Waals surface area contributed by atoms with Gasteiger partial charge in [0, 0.05) is 21.3 Å². The van der Waals surface area contributed by atoms with Crippen LogP contribution in [0.1, 0.15) is 0 Å². The van der Waals surface area contributed by atoms with Gasteiger partial charge < -0.3 is 18.8 Å². The molecule has 0 aromatic heterocycles. The molecule has 11 heavy (non-hydrogen) atoms. The van der Waals surface area contributed by atoms with Crippen LogP contribution in [0.4, 0.5) is 0 Å². The van der Waals surface area contributed by atoms with Crippen LogP contribution in [0.2, 0.25) is 0 Å². The molecule has 2 N–H and O–H groups in total. The summed E-state index contributed by atoms with van der Waals surface area (Å²) in [6, 6.07) is 0. The van der Waals surface area contributed by atoms with Crippen LogP contribution in [0, 0.1) is 0 Å². The van der Waals surface area contributed by atoms with E-state index in [1.165, 1.54) is 0 Å². The first kappa shape index (κ1) is 18.0. The summed E-state index contributed by atoms with van der Waals surface area (Å²) in [6.07, 6.45) is 0. The molecule has 0 saturated carbocycles. The van der Waals surface area contributed by atoms with Crippen molar-refractivity contribution in [2.24, 2.45) is 0 Å². The van der Waals surface area contributed by atoms with Gasteiger partial charge in [-0.3, -0.25) is 0 Å². The molecule has 0 aliphatic heterocycles. The predicted octanol–water partition coefficient (Wildman–Crippen LogP) is -1.15. The Morgan fingerprint density at radius 1 is 1.09 bits per heavy atom. The zero-order valence-corrected chi connectivity index (χ0v) is 7.51. The van der Waals surface area contributed by atoms with Crippen molar-refractivity contribution in [2.45, 2.75) is 0 Å². The van der Waals surface area contributed by atoms with Gasteiger partial charge in [-0.15, -0.1) is 0 Å². The normalized spacial score (nSPS) is 9.36. The van der Waals surface area contributed by atoms with E-state index in [0.29, 0.717) is 0 Å². The van der Waals surface area contributed by atoms with Gasteiger partial charge in [-0.1, -0.05) is 6.58 Å². The summed E-state index contributed by atoms with van der Waals surface area (Å²) in [5.74, 6) is 0. The Labute approximate surface area is 98.2 Å². The van der Waals surface area contributed by atoms with Crippen molar-refractivity contribution in [2.75, 3.05) is 21.3 Å². The van der Waals surface area contributed by atoms with Gasteiger partial charge in [0.25, 0.3) is 0 Å². The molecule has 0 aliphatic carbocycles. The molecule has 0 aromatic carbocycles. The van der Waals surface area contributed by atoms with Crippen molar-refractivity contribution in [3.63, 3.8) is 0 Å². The van der Waals surface area contributed by atoms with Gasteiger partial charge in [0.1, 0.15) is 0 Å². The zero-order chi connectivity index (χ0) is 7.33. The molecule has 0 amide bonds.